The molecule has 0 aliphatic heterocycles. The predicted octanol–water partition coefficient (Wildman–Crippen LogP) is -0.0705. The minimum atomic E-state index is -6.01. The molecule has 2 N–H and O–H groups in total. The van der Waals surface area contributed by atoms with Crippen LogP contribution in [0.25, 0.3) is 0 Å². The lowest BCUT2D eigenvalue weighted by atomic mass is 9.87. The molecule has 12 heteroatoms. The highest BCUT2D eigenvalue weighted by atomic mass is 32.2. The fraction of sp³-hybridized carbons (Fsp3) is 0.429. The molecule has 1 aromatic carbocycles. The maximum Gasteiger partial charge on any atom is 0.518 e. The van der Waals surface area contributed by atoms with Gasteiger partial charge in [0.2, 0.25) is 0 Å². The van der Waals surface area contributed by atoms with Crippen molar-refractivity contribution in [3.8, 4) is 5.75 Å². The van der Waals surface area contributed by atoms with E-state index in [1.807, 2.05) is 0 Å². The highest BCUT2D eigenvalue weighted by Crippen LogP contribution is 2.26. The number of ether oxygens (including phenoxy) is 1. The monoisotopic (exact) mass is 398 g/mol. The zero-order valence-electron chi connectivity index (χ0n) is 13.4. The van der Waals surface area contributed by atoms with Gasteiger partial charge in [-0.05, 0) is 24.1 Å². The first kappa shape index (κ1) is 21.9. The average molecular weight is 398 g/mol. The molecule has 0 unspecified atom stereocenters. The molecule has 8 nitrogen and oxygen atoms in total. The fourth-order valence-electron chi connectivity index (χ4n) is 1.67. The van der Waals surface area contributed by atoms with E-state index in [2.05, 4.69) is 4.40 Å². The first-order valence-electron chi connectivity index (χ1n) is 7.05. The number of hydrogen-bond donors (Lipinski definition) is 2. The summed E-state index contributed by atoms with van der Waals surface area (Å²) in [5.74, 6) is -3.04. The van der Waals surface area contributed by atoms with Gasteiger partial charge in [0.05, 0.1) is 13.2 Å². The van der Waals surface area contributed by atoms with Crippen molar-refractivity contribution in [1.29, 1.82) is 0 Å². The summed E-state index contributed by atoms with van der Waals surface area (Å²) >= 11 is 0. The standard InChI is InChI=1S/C14H16F3NO7S/c1-2-13(7-19,8-20)12(22)25-10-5-3-4-9(6-10)11(21)18-26(23,24)14(15,16)17/h3-6,19-20H,2,7-8H2,1H3,(H,18,21)/p-1. The highest BCUT2D eigenvalue weighted by molar-refractivity contribution is 7.91. The molecule has 0 aliphatic rings. The smallest absolute Gasteiger partial charge is 0.518 e. The topological polar surface area (TPSA) is 136 Å². The average Bonchev–Trinajstić information content (AvgIpc) is 2.56. The van der Waals surface area contributed by atoms with E-state index in [0.29, 0.717) is 0 Å². The number of sulfonamides is 1. The Labute approximate surface area is 146 Å². The molecule has 0 amide bonds. The molecule has 0 radical (unpaired) electrons. The number of rotatable bonds is 7. The molecule has 0 saturated heterocycles. The minimum absolute atomic E-state index is 0.0244. The van der Waals surface area contributed by atoms with Gasteiger partial charge in [-0.3, -0.25) is 4.79 Å². The van der Waals surface area contributed by atoms with Gasteiger partial charge in [-0.2, -0.15) is 26.0 Å². The van der Waals surface area contributed by atoms with Gasteiger partial charge in [0.1, 0.15) is 11.2 Å². The fourth-order valence-corrected chi connectivity index (χ4v) is 2.10. The van der Waals surface area contributed by atoms with Crippen LogP contribution in [-0.4, -0.2) is 49.2 Å². The SMILES string of the molecule is CCC(CO)(CO)C(=O)Oc1cccc(/C([O-])=N\S(=O)(=O)C(F)(F)F)c1. The Morgan fingerprint density at radius 1 is 1.27 bits per heavy atom. The van der Waals surface area contributed by atoms with E-state index in [9.17, 15) is 41.7 Å². The number of alkyl halides is 3. The lowest BCUT2D eigenvalue weighted by molar-refractivity contribution is -0.212. The molecular formula is C14H15F3NO7S-. The van der Waals surface area contributed by atoms with Crippen LogP contribution in [0.1, 0.15) is 18.9 Å². The number of hydrogen-bond acceptors (Lipinski definition) is 7. The molecule has 0 heterocycles. The van der Waals surface area contributed by atoms with Crippen LogP contribution in [0.15, 0.2) is 28.7 Å². The summed E-state index contributed by atoms with van der Waals surface area (Å²) in [6.45, 7) is 0.0573. The third-order valence-electron chi connectivity index (χ3n) is 3.50. The Bertz CT molecular complexity index is 778. The summed E-state index contributed by atoms with van der Waals surface area (Å²) in [6.07, 6.45) is 0.0244. The molecule has 0 spiro atoms. The lowest BCUT2D eigenvalue weighted by Crippen LogP contribution is -2.41. The minimum Gasteiger partial charge on any atom is -0.858 e. The third kappa shape index (κ3) is 4.71. The van der Waals surface area contributed by atoms with Gasteiger partial charge in [0.25, 0.3) is 0 Å². The van der Waals surface area contributed by atoms with Gasteiger partial charge in [0, 0.05) is 5.90 Å². The van der Waals surface area contributed by atoms with Crippen molar-refractivity contribution >= 4 is 21.9 Å². The van der Waals surface area contributed by atoms with E-state index in [1.54, 1.807) is 0 Å². The predicted molar refractivity (Wildman–Crippen MR) is 80.5 cm³/mol. The normalized spacial score (nSPS) is 13.5. The van der Waals surface area contributed by atoms with E-state index >= 15 is 0 Å². The van der Waals surface area contributed by atoms with Gasteiger partial charge >= 0.3 is 21.5 Å². The number of nitrogens with zero attached hydrogens (tertiary/aromatic N) is 1. The quantitative estimate of drug-likeness (QED) is 0.284. The maximum absolute atomic E-state index is 12.3. The largest absolute Gasteiger partial charge is 0.858 e. The highest BCUT2D eigenvalue weighted by Gasteiger charge is 2.45. The van der Waals surface area contributed by atoms with Crippen LogP contribution in [0.4, 0.5) is 13.2 Å². The van der Waals surface area contributed by atoms with Gasteiger partial charge in [0.15, 0.2) is 0 Å². The van der Waals surface area contributed by atoms with Gasteiger partial charge in [-0.15, -0.1) is 0 Å². The number of carbonyl (C=O) groups excluding carboxylic acids is 1. The first-order chi connectivity index (χ1) is 11.9. The Balaban J connectivity index is 3.15. The zero-order valence-corrected chi connectivity index (χ0v) is 14.2. The van der Waals surface area contributed by atoms with Crippen molar-refractivity contribution in [1.82, 2.24) is 0 Å². The zero-order chi connectivity index (χ0) is 20.2. The summed E-state index contributed by atoms with van der Waals surface area (Å²) in [7, 11) is -6.01. The molecule has 1 rings (SSSR count). The summed E-state index contributed by atoms with van der Waals surface area (Å²) < 4.78 is 65.6. The van der Waals surface area contributed by atoms with Crippen LogP contribution < -0.4 is 9.84 Å². The first-order valence-corrected chi connectivity index (χ1v) is 8.49. The maximum atomic E-state index is 12.3. The van der Waals surface area contributed by atoms with Crippen LogP contribution >= 0.6 is 0 Å². The Morgan fingerprint density at radius 2 is 1.85 bits per heavy atom. The number of carbonyl (C=O) groups is 1. The van der Waals surface area contributed by atoms with Crippen molar-refractivity contribution in [2.45, 2.75) is 18.9 Å². The molecule has 0 fully saturated rings. The van der Waals surface area contributed by atoms with Crippen LogP contribution in [0.2, 0.25) is 0 Å². The summed E-state index contributed by atoms with van der Waals surface area (Å²) in [4.78, 5) is 12.1. The molecule has 26 heavy (non-hydrogen) atoms. The second kappa shape index (κ2) is 8.01. The van der Waals surface area contributed by atoms with Crippen LogP contribution in [-0.2, 0) is 14.8 Å². The van der Waals surface area contributed by atoms with E-state index in [1.165, 1.54) is 13.0 Å². The molecule has 0 aliphatic carbocycles. The number of aliphatic hydroxyl groups excluding tert-OH is 2. The van der Waals surface area contributed by atoms with Crippen LogP contribution in [0.3, 0.4) is 0 Å². The molecule has 0 saturated carbocycles. The second-order valence-corrected chi connectivity index (χ2v) is 6.78. The van der Waals surface area contributed by atoms with Crippen molar-refractivity contribution in [2.75, 3.05) is 13.2 Å². The Hall–Kier alpha value is -2.18. The van der Waals surface area contributed by atoms with Crippen LogP contribution in [0.5, 0.6) is 5.75 Å². The Morgan fingerprint density at radius 3 is 2.31 bits per heavy atom. The van der Waals surface area contributed by atoms with Crippen molar-refractivity contribution in [3.63, 3.8) is 0 Å². The lowest BCUT2D eigenvalue weighted by Gasteiger charge is -2.25. The Kier molecular flexibility index (Phi) is 6.74. The second-order valence-electron chi connectivity index (χ2n) is 5.18. The number of benzene rings is 1. The summed E-state index contributed by atoms with van der Waals surface area (Å²) in [6, 6.07) is 4.07. The molecule has 0 bridgehead atoms. The molecular weight excluding hydrogens is 383 g/mol. The van der Waals surface area contributed by atoms with Gasteiger partial charge < -0.3 is 20.1 Å². The number of halogens is 3. The molecule has 1 aromatic rings. The van der Waals surface area contributed by atoms with Crippen molar-refractivity contribution in [3.05, 3.63) is 29.8 Å². The summed E-state index contributed by atoms with van der Waals surface area (Å²) in [5.41, 5.74) is -7.90. The van der Waals surface area contributed by atoms with E-state index < -0.39 is 51.6 Å². The van der Waals surface area contributed by atoms with Crippen molar-refractivity contribution in [2.24, 2.45) is 9.81 Å². The van der Waals surface area contributed by atoms with E-state index in [4.69, 9.17) is 4.74 Å². The van der Waals surface area contributed by atoms with Gasteiger partial charge in [-0.25, -0.2) is 0 Å². The third-order valence-corrected chi connectivity index (χ3v) is 4.49. The summed E-state index contributed by atoms with van der Waals surface area (Å²) in [5, 5.41) is 30.2. The molecule has 146 valence electrons. The molecule has 0 aromatic heterocycles. The van der Waals surface area contributed by atoms with E-state index in [0.717, 1.165) is 18.2 Å². The van der Waals surface area contributed by atoms with Crippen LogP contribution in [0, 0.1) is 5.41 Å². The molecule has 0 atom stereocenters. The number of aliphatic hydroxyl groups is 2. The van der Waals surface area contributed by atoms with Crippen molar-refractivity contribution < 1.29 is 46.4 Å². The van der Waals surface area contributed by atoms with Gasteiger partial charge in [-0.1, -0.05) is 19.1 Å². The van der Waals surface area contributed by atoms with E-state index in [-0.39, 0.29) is 12.2 Å². The number of esters is 1.